The zero-order valence-electron chi connectivity index (χ0n) is 22.5. The number of amides is 1. The Labute approximate surface area is 225 Å². The van der Waals surface area contributed by atoms with Crippen molar-refractivity contribution in [1.29, 1.82) is 5.26 Å². The van der Waals surface area contributed by atoms with Crippen LogP contribution in [-0.4, -0.2) is 11.9 Å². The van der Waals surface area contributed by atoms with Gasteiger partial charge in [-0.1, -0.05) is 57.8 Å². The molecule has 3 nitrogen and oxygen atoms in total. The molecule has 0 heterocycles. The van der Waals surface area contributed by atoms with Gasteiger partial charge in [0.15, 0.2) is 0 Å². The molecule has 0 bridgehead atoms. The van der Waals surface area contributed by atoms with Crippen LogP contribution < -0.4 is 24.2 Å². The number of nitriles is 1. The van der Waals surface area contributed by atoms with Gasteiger partial charge in [0.2, 0.25) is 0 Å². The predicted octanol–water partition coefficient (Wildman–Crippen LogP) is 4.32. The summed E-state index contributed by atoms with van der Waals surface area (Å²) >= 11 is 0. The first-order chi connectivity index (χ1) is 16.5. The maximum absolute atomic E-state index is 13.1. The number of carbonyl (C=O) groups excluding carboxylic acids is 1. The largest absolute Gasteiger partial charge is 1.00 e. The third kappa shape index (κ3) is 4.88. The number of nitrogens with zero attached hydrogens (tertiary/aromatic N) is 1. The molecule has 4 fully saturated rings. The van der Waals surface area contributed by atoms with Gasteiger partial charge in [-0.2, -0.15) is 24.0 Å². The smallest absolute Gasteiger partial charge is 0.349 e. The minimum atomic E-state index is 0. The standard InChI is InChI=1S/C31H43N2O.Li/c1-4-31-17-16-26-25-14-8-20(2)18-24(25)13-15-27(26)29(31)7-5-6-28(31)21(3)33-30(34)23-11-9-22(19-32)10-12-23;/h9-12,20-21,25-29H,4-8,13-18H2,1-3H3,(H,33,34);/q-1;+1/t20-,21?,25-,26?,27+,28+,29?,31+;/m0./s1. The van der Waals surface area contributed by atoms with Crippen molar-refractivity contribution in [2.75, 3.05) is 0 Å². The zero-order valence-corrected chi connectivity index (χ0v) is 22.5. The number of carbonyl (C=O) groups is 1. The fourth-order valence-corrected chi connectivity index (χ4v) is 9.34. The van der Waals surface area contributed by atoms with Crippen molar-refractivity contribution in [1.82, 2.24) is 5.32 Å². The van der Waals surface area contributed by atoms with E-state index in [0.717, 1.165) is 29.6 Å². The van der Waals surface area contributed by atoms with Gasteiger partial charge in [0.1, 0.15) is 0 Å². The Morgan fingerprint density at radius 1 is 1.14 bits per heavy atom. The van der Waals surface area contributed by atoms with Gasteiger partial charge < -0.3 is 11.2 Å². The fourth-order valence-electron chi connectivity index (χ4n) is 9.34. The van der Waals surface area contributed by atoms with E-state index >= 15 is 0 Å². The van der Waals surface area contributed by atoms with Crippen LogP contribution in [0.25, 0.3) is 0 Å². The first kappa shape index (κ1) is 26.8. The zero-order chi connectivity index (χ0) is 23.9. The summed E-state index contributed by atoms with van der Waals surface area (Å²) in [7, 11) is 0. The van der Waals surface area contributed by atoms with E-state index in [1.165, 1.54) is 70.6 Å². The van der Waals surface area contributed by atoms with Gasteiger partial charge in [-0.15, -0.1) is 0 Å². The summed E-state index contributed by atoms with van der Waals surface area (Å²) in [6.45, 7) is 7.15. The number of benzene rings is 1. The number of nitrogens with one attached hydrogen (secondary N) is 1. The van der Waals surface area contributed by atoms with E-state index in [-0.39, 0.29) is 30.8 Å². The SMILES string of the molecule is CC[C@]12CCC3[C@@H](CC[C-]4C[C@@H](C)CC[C@@H]43)C1CCC[C@@H]2C(C)NC(=O)c1ccc(C#N)cc1.[Li+]. The molecule has 5 rings (SSSR count). The third-order valence-corrected chi connectivity index (χ3v) is 10.8. The molecular weight excluding hydrogens is 423 g/mol. The maximum Gasteiger partial charge on any atom is 1.00 e. The van der Waals surface area contributed by atoms with E-state index in [1.807, 2.05) is 5.92 Å². The van der Waals surface area contributed by atoms with Crippen molar-refractivity contribution in [2.45, 2.75) is 97.4 Å². The van der Waals surface area contributed by atoms with Crippen LogP contribution in [-0.2, 0) is 0 Å². The molecule has 184 valence electrons. The van der Waals surface area contributed by atoms with Crippen LogP contribution in [0.5, 0.6) is 0 Å². The van der Waals surface area contributed by atoms with Gasteiger partial charge >= 0.3 is 18.9 Å². The van der Waals surface area contributed by atoms with Crippen molar-refractivity contribution in [3.8, 4) is 6.07 Å². The average Bonchev–Trinajstić information content (AvgIpc) is 2.87. The fraction of sp³-hybridized carbons (Fsp3) is 0.710. The molecule has 0 aliphatic heterocycles. The van der Waals surface area contributed by atoms with Crippen molar-refractivity contribution < 1.29 is 23.7 Å². The van der Waals surface area contributed by atoms with Crippen LogP contribution in [0.1, 0.15) is 107 Å². The van der Waals surface area contributed by atoms with Crippen molar-refractivity contribution in [3.05, 3.63) is 41.3 Å². The number of hydrogen-bond donors (Lipinski definition) is 1. The molecule has 4 aliphatic rings. The summed E-state index contributed by atoms with van der Waals surface area (Å²) in [6.07, 6.45) is 15.1. The van der Waals surface area contributed by atoms with Crippen LogP contribution in [0.3, 0.4) is 0 Å². The molecule has 1 aromatic rings. The van der Waals surface area contributed by atoms with E-state index in [2.05, 4.69) is 32.2 Å². The van der Waals surface area contributed by atoms with Crippen molar-refractivity contribution >= 4 is 5.91 Å². The average molecular weight is 467 g/mol. The molecule has 0 saturated heterocycles. The molecule has 8 atom stereocenters. The van der Waals surface area contributed by atoms with Gasteiger partial charge in [-0.05, 0) is 80.0 Å². The van der Waals surface area contributed by atoms with Crippen molar-refractivity contribution in [3.63, 3.8) is 0 Å². The Balaban J connectivity index is 0.00000289. The summed E-state index contributed by atoms with van der Waals surface area (Å²) < 4.78 is 0. The molecule has 0 aromatic heterocycles. The van der Waals surface area contributed by atoms with Crippen LogP contribution in [0.2, 0.25) is 0 Å². The Morgan fingerprint density at radius 2 is 1.91 bits per heavy atom. The second-order valence-corrected chi connectivity index (χ2v) is 12.2. The van der Waals surface area contributed by atoms with E-state index in [4.69, 9.17) is 5.26 Å². The topological polar surface area (TPSA) is 52.9 Å². The van der Waals surface area contributed by atoms with Crippen LogP contribution >= 0.6 is 0 Å². The molecule has 1 aromatic carbocycles. The van der Waals surface area contributed by atoms with E-state index in [0.29, 0.717) is 22.5 Å². The minimum Gasteiger partial charge on any atom is -0.349 e. The predicted molar refractivity (Wildman–Crippen MR) is 137 cm³/mol. The minimum absolute atomic E-state index is 0. The van der Waals surface area contributed by atoms with Gasteiger partial charge in [-0.25, -0.2) is 0 Å². The van der Waals surface area contributed by atoms with Gasteiger partial charge in [0.05, 0.1) is 11.6 Å². The summed E-state index contributed by atoms with van der Waals surface area (Å²) in [5.74, 6) is 7.00. The van der Waals surface area contributed by atoms with E-state index in [9.17, 15) is 4.79 Å². The molecule has 0 radical (unpaired) electrons. The van der Waals surface area contributed by atoms with Gasteiger partial charge in [-0.3, -0.25) is 4.79 Å². The van der Waals surface area contributed by atoms with Crippen molar-refractivity contribution in [2.24, 2.45) is 40.9 Å². The Kier molecular flexibility index (Phi) is 8.46. The van der Waals surface area contributed by atoms with Crippen LogP contribution in [0.15, 0.2) is 24.3 Å². The molecule has 3 unspecified atom stereocenters. The molecule has 4 saturated carbocycles. The molecule has 4 aliphatic carbocycles. The molecule has 4 heteroatoms. The Hall–Kier alpha value is -1.22. The van der Waals surface area contributed by atoms with Gasteiger partial charge in [0, 0.05) is 11.6 Å². The quantitative estimate of drug-likeness (QED) is 0.531. The second kappa shape index (κ2) is 11.0. The summed E-state index contributed by atoms with van der Waals surface area (Å²) in [6, 6.07) is 9.37. The summed E-state index contributed by atoms with van der Waals surface area (Å²) in [5, 5.41) is 12.4. The molecule has 35 heavy (non-hydrogen) atoms. The summed E-state index contributed by atoms with van der Waals surface area (Å²) in [5.41, 5.74) is 1.65. The Morgan fingerprint density at radius 3 is 2.63 bits per heavy atom. The number of fused-ring (bicyclic) bond motifs is 5. The molecule has 0 spiro atoms. The normalized spacial score (nSPS) is 37.4. The Bertz CT molecular complexity index is 923. The van der Waals surface area contributed by atoms with Crippen LogP contribution in [0.4, 0.5) is 0 Å². The molecule has 1 amide bonds. The van der Waals surface area contributed by atoms with E-state index in [1.54, 1.807) is 24.3 Å². The maximum atomic E-state index is 13.1. The molecular formula is C31H43LiN2O. The number of hydrogen-bond acceptors (Lipinski definition) is 2. The summed E-state index contributed by atoms with van der Waals surface area (Å²) in [4.78, 5) is 13.1. The van der Waals surface area contributed by atoms with Crippen LogP contribution in [0, 0.1) is 58.2 Å². The van der Waals surface area contributed by atoms with Gasteiger partial charge in [0.25, 0.3) is 5.91 Å². The van der Waals surface area contributed by atoms with E-state index < -0.39 is 0 Å². The number of rotatable bonds is 4. The third-order valence-electron chi connectivity index (χ3n) is 10.8. The first-order valence-electron chi connectivity index (χ1n) is 14.1. The first-order valence-corrected chi connectivity index (χ1v) is 14.1. The second-order valence-electron chi connectivity index (χ2n) is 12.2. The monoisotopic (exact) mass is 466 g/mol. The molecule has 1 N–H and O–H groups in total.